The number of rotatable bonds is 7. The molecule has 1 unspecified atom stereocenters. The van der Waals surface area contributed by atoms with Gasteiger partial charge < -0.3 is 10.4 Å². The molecule has 78 valence electrons. The van der Waals surface area contributed by atoms with Crippen molar-refractivity contribution < 1.29 is 9.90 Å². The first kappa shape index (κ1) is 12.4. The van der Waals surface area contributed by atoms with Gasteiger partial charge in [0.15, 0.2) is 0 Å². The van der Waals surface area contributed by atoms with E-state index >= 15 is 0 Å². The quantitative estimate of drug-likeness (QED) is 0.634. The maximum Gasteiger partial charge on any atom is 0.220 e. The smallest absolute Gasteiger partial charge is 0.220 e. The minimum atomic E-state index is 0.0642. The first-order valence-electron chi connectivity index (χ1n) is 5.14. The van der Waals surface area contributed by atoms with Crippen LogP contribution in [0.1, 0.15) is 46.0 Å². The number of hydrogen-bond donors (Lipinski definition) is 2. The van der Waals surface area contributed by atoms with E-state index in [1.54, 1.807) is 0 Å². The standard InChI is InChI=1S/C10H21NO2/c1-3-6-9(4-2)11-10(13)7-5-8-12/h9,12H,3-8H2,1-2H3,(H,11,13). The Bertz CT molecular complexity index is 137. The second-order valence-corrected chi connectivity index (χ2v) is 3.29. The van der Waals surface area contributed by atoms with Crippen molar-refractivity contribution >= 4 is 5.91 Å². The maximum absolute atomic E-state index is 11.2. The first-order valence-corrected chi connectivity index (χ1v) is 5.14. The average molecular weight is 187 g/mol. The average Bonchev–Trinajstić information content (AvgIpc) is 2.14. The molecule has 0 saturated heterocycles. The van der Waals surface area contributed by atoms with Gasteiger partial charge in [-0.3, -0.25) is 4.79 Å². The minimum Gasteiger partial charge on any atom is -0.396 e. The minimum absolute atomic E-state index is 0.0642. The topological polar surface area (TPSA) is 49.3 Å². The van der Waals surface area contributed by atoms with Gasteiger partial charge in [0.1, 0.15) is 0 Å². The van der Waals surface area contributed by atoms with Crippen molar-refractivity contribution in [2.45, 2.75) is 52.0 Å². The number of amides is 1. The molecule has 0 rings (SSSR count). The highest BCUT2D eigenvalue weighted by atomic mass is 16.3. The SMILES string of the molecule is CCCC(CC)NC(=O)CCCO. The number of nitrogens with one attached hydrogen (secondary N) is 1. The van der Waals surface area contributed by atoms with Crippen molar-refractivity contribution in [3.05, 3.63) is 0 Å². The maximum atomic E-state index is 11.2. The van der Waals surface area contributed by atoms with Gasteiger partial charge in [0.05, 0.1) is 0 Å². The van der Waals surface area contributed by atoms with Crippen LogP contribution in [0.5, 0.6) is 0 Å². The summed E-state index contributed by atoms with van der Waals surface area (Å²) in [5.74, 6) is 0.0642. The third-order valence-electron chi connectivity index (χ3n) is 2.06. The summed E-state index contributed by atoms with van der Waals surface area (Å²) in [6.07, 6.45) is 4.13. The van der Waals surface area contributed by atoms with Crippen molar-refractivity contribution in [2.75, 3.05) is 6.61 Å². The van der Waals surface area contributed by atoms with Gasteiger partial charge in [0, 0.05) is 19.1 Å². The lowest BCUT2D eigenvalue weighted by atomic mass is 10.1. The summed E-state index contributed by atoms with van der Waals surface area (Å²) in [6.45, 7) is 4.28. The van der Waals surface area contributed by atoms with Crippen molar-refractivity contribution in [2.24, 2.45) is 0 Å². The summed E-state index contributed by atoms with van der Waals surface area (Å²) in [7, 11) is 0. The molecule has 0 aliphatic rings. The molecule has 0 aliphatic heterocycles. The number of aliphatic hydroxyl groups excluding tert-OH is 1. The molecule has 0 aromatic rings. The predicted molar refractivity (Wildman–Crippen MR) is 53.4 cm³/mol. The van der Waals surface area contributed by atoms with Gasteiger partial charge in [0.2, 0.25) is 5.91 Å². The van der Waals surface area contributed by atoms with Gasteiger partial charge in [0.25, 0.3) is 0 Å². The van der Waals surface area contributed by atoms with E-state index in [0.717, 1.165) is 19.3 Å². The lowest BCUT2D eigenvalue weighted by Crippen LogP contribution is -2.34. The van der Waals surface area contributed by atoms with Crippen LogP contribution in [-0.4, -0.2) is 23.7 Å². The third-order valence-corrected chi connectivity index (χ3v) is 2.06. The molecule has 3 heteroatoms. The number of hydrogen-bond acceptors (Lipinski definition) is 2. The van der Waals surface area contributed by atoms with Gasteiger partial charge in [-0.2, -0.15) is 0 Å². The van der Waals surface area contributed by atoms with E-state index in [2.05, 4.69) is 19.2 Å². The van der Waals surface area contributed by atoms with E-state index in [-0.39, 0.29) is 12.5 Å². The third kappa shape index (κ3) is 6.58. The molecule has 3 nitrogen and oxygen atoms in total. The molecular formula is C10H21NO2. The van der Waals surface area contributed by atoms with Gasteiger partial charge >= 0.3 is 0 Å². The first-order chi connectivity index (χ1) is 6.24. The van der Waals surface area contributed by atoms with Crippen molar-refractivity contribution in [1.29, 1.82) is 0 Å². The summed E-state index contributed by atoms with van der Waals surface area (Å²) in [5, 5.41) is 11.5. The van der Waals surface area contributed by atoms with Crippen LogP contribution >= 0.6 is 0 Å². The molecule has 0 saturated carbocycles. The van der Waals surface area contributed by atoms with Crippen LogP contribution in [0, 0.1) is 0 Å². The highest BCUT2D eigenvalue weighted by molar-refractivity contribution is 5.76. The fourth-order valence-electron chi connectivity index (χ4n) is 1.27. The fraction of sp³-hybridized carbons (Fsp3) is 0.900. The summed E-state index contributed by atoms with van der Waals surface area (Å²) in [4.78, 5) is 11.2. The van der Waals surface area contributed by atoms with E-state index in [9.17, 15) is 4.79 Å². The molecule has 0 aliphatic carbocycles. The lowest BCUT2D eigenvalue weighted by molar-refractivity contribution is -0.122. The molecule has 0 spiro atoms. The molecule has 2 N–H and O–H groups in total. The zero-order chi connectivity index (χ0) is 10.1. The van der Waals surface area contributed by atoms with E-state index in [0.29, 0.717) is 18.9 Å². The van der Waals surface area contributed by atoms with Crippen LogP contribution < -0.4 is 5.32 Å². The lowest BCUT2D eigenvalue weighted by Gasteiger charge is -2.15. The molecule has 1 amide bonds. The monoisotopic (exact) mass is 187 g/mol. The molecule has 13 heavy (non-hydrogen) atoms. The Kier molecular flexibility index (Phi) is 7.69. The Labute approximate surface area is 80.5 Å². The Morgan fingerprint density at radius 3 is 2.62 bits per heavy atom. The van der Waals surface area contributed by atoms with Crippen molar-refractivity contribution in [1.82, 2.24) is 5.32 Å². The molecule has 0 bridgehead atoms. The van der Waals surface area contributed by atoms with E-state index in [1.165, 1.54) is 0 Å². The van der Waals surface area contributed by atoms with Crippen molar-refractivity contribution in [3.63, 3.8) is 0 Å². The van der Waals surface area contributed by atoms with Gasteiger partial charge in [-0.25, -0.2) is 0 Å². The van der Waals surface area contributed by atoms with Crippen LogP contribution in [0.3, 0.4) is 0 Å². The fourth-order valence-corrected chi connectivity index (χ4v) is 1.27. The molecular weight excluding hydrogens is 166 g/mol. The highest BCUT2D eigenvalue weighted by Gasteiger charge is 2.08. The Morgan fingerprint density at radius 1 is 1.46 bits per heavy atom. The number of carbonyl (C=O) groups excluding carboxylic acids is 1. The number of carbonyl (C=O) groups is 1. The molecule has 0 fully saturated rings. The van der Waals surface area contributed by atoms with E-state index in [4.69, 9.17) is 5.11 Å². The van der Waals surface area contributed by atoms with Gasteiger partial charge in [-0.05, 0) is 19.3 Å². The second-order valence-electron chi connectivity index (χ2n) is 3.29. The van der Waals surface area contributed by atoms with E-state index < -0.39 is 0 Å². The molecule has 1 atom stereocenters. The van der Waals surface area contributed by atoms with Crippen molar-refractivity contribution in [3.8, 4) is 0 Å². The van der Waals surface area contributed by atoms with Crippen LogP contribution in [0.25, 0.3) is 0 Å². The molecule has 0 aromatic carbocycles. The van der Waals surface area contributed by atoms with Crippen LogP contribution in [0.15, 0.2) is 0 Å². The Morgan fingerprint density at radius 2 is 2.15 bits per heavy atom. The van der Waals surface area contributed by atoms with Crippen LogP contribution in [0.4, 0.5) is 0 Å². The zero-order valence-electron chi connectivity index (χ0n) is 8.68. The summed E-state index contributed by atoms with van der Waals surface area (Å²) in [6, 6.07) is 0.316. The largest absolute Gasteiger partial charge is 0.396 e. The summed E-state index contributed by atoms with van der Waals surface area (Å²) in [5.41, 5.74) is 0. The van der Waals surface area contributed by atoms with Gasteiger partial charge in [-0.1, -0.05) is 20.3 Å². The second kappa shape index (κ2) is 8.05. The zero-order valence-corrected chi connectivity index (χ0v) is 8.68. The predicted octanol–water partition coefficient (Wildman–Crippen LogP) is 1.45. The highest BCUT2D eigenvalue weighted by Crippen LogP contribution is 2.01. The van der Waals surface area contributed by atoms with Gasteiger partial charge in [-0.15, -0.1) is 0 Å². The Balaban J connectivity index is 3.60. The normalized spacial score (nSPS) is 12.5. The van der Waals surface area contributed by atoms with Crippen LogP contribution in [0.2, 0.25) is 0 Å². The van der Waals surface area contributed by atoms with Crippen LogP contribution in [-0.2, 0) is 4.79 Å². The summed E-state index contributed by atoms with van der Waals surface area (Å²) >= 11 is 0. The molecule has 0 heterocycles. The summed E-state index contributed by atoms with van der Waals surface area (Å²) < 4.78 is 0. The molecule has 0 radical (unpaired) electrons. The molecule has 0 aromatic heterocycles. The number of aliphatic hydroxyl groups is 1. The Hall–Kier alpha value is -0.570. The van der Waals surface area contributed by atoms with E-state index in [1.807, 2.05) is 0 Å².